The standard InChI is InChI=1S/C31H57N13O6/c32-15-5-1-9-19(35)26(46)42-21(11-2-6-16-33)29(49)43-22(12-3-7-17-34)28(48)41-20(25(36)45)10-4-8-18-39-27(47)23-13-14-24(40-23)30(50)44-31(37)38/h13-14,19-22,40H,1-12,15-18,32-35H2,(H2,36,45)(H,39,47)(H,41,48)(H,42,46)(H,43,49)(H4,37,38,44,50)/t19-,20-,21-,22-/m0/s1. The van der Waals surface area contributed by atoms with Crippen LogP contribution in [0.1, 0.15) is 98.0 Å². The van der Waals surface area contributed by atoms with Gasteiger partial charge in [-0.3, -0.25) is 28.8 Å². The first kappa shape index (κ1) is 43.4. The third-order valence-corrected chi connectivity index (χ3v) is 7.72. The van der Waals surface area contributed by atoms with Gasteiger partial charge in [0.25, 0.3) is 11.8 Å². The molecule has 50 heavy (non-hydrogen) atoms. The van der Waals surface area contributed by atoms with Crippen molar-refractivity contribution < 1.29 is 28.8 Å². The van der Waals surface area contributed by atoms with Gasteiger partial charge >= 0.3 is 0 Å². The van der Waals surface area contributed by atoms with Crippen LogP contribution in [-0.2, 0) is 19.2 Å². The van der Waals surface area contributed by atoms with E-state index in [0.29, 0.717) is 77.4 Å². The van der Waals surface area contributed by atoms with E-state index in [-0.39, 0.29) is 37.2 Å². The highest BCUT2D eigenvalue weighted by molar-refractivity contribution is 6.02. The second kappa shape index (κ2) is 24.5. The number of aromatic nitrogens is 1. The predicted octanol–water partition coefficient (Wildman–Crippen LogP) is -3.02. The Morgan fingerprint density at radius 3 is 1.60 bits per heavy atom. The van der Waals surface area contributed by atoms with Crippen molar-refractivity contribution in [2.75, 3.05) is 26.2 Å². The summed E-state index contributed by atoms with van der Waals surface area (Å²) in [6, 6.07) is -1.10. The number of amides is 6. The summed E-state index contributed by atoms with van der Waals surface area (Å²) < 4.78 is 0. The van der Waals surface area contributed by atoms with Crippen molar-refractivity contribution in [2.45, 2.75) is 101 Å². The summed E-state index contributed by atoms with van der Waals surface area (Å²) in [7, 11) is 0. The number of carbonyl (C=O) groups excluding carboxylic acids is 6. The first-order valence-corrected chi connectivity index (χ1v) is 17.0. The molecule has 0 saturated carbocycles. The Morgan fingerprint density at radius 1 is 0.620 bits per heavy atom. The first-order valence-electron chi connectivity index (χ1n) is 17.0. The SMILES string of the molecule is NCCCC[C@H](NC(=O)[C@H](CCCCN)NC(=O)[C@@H](N)CCCCN)C(=O)N[C@@H](CCCCNC(=O)c1ccc(C(=O)N=C(N)N)[nH]1)C(N)=O. The van der Waals surface area contributed by atoms with E-state index in [9.17, 15) is 28.8 Å². The van der Waals surface area contributed by atoms with Crippen LogP contribution >= 0.6 is 0 Å². The minimum Gasteiger partial charge on any atom is -0.370 e. The van der Waals surface area contributed by atoms with Gasteiger partial charge in [0.1, 0.15) is 29.5 Å². The van der Waals surface area contributed by atoms with E-state index in [0.717, 1.165) is 0 Å². The van der Waals surface area contributed by atoms with Gasteiger partial charge in [-0.2, -0.15) is 4.99 Å². The van der Waals surface area contributed by atoms with Crippen LogP contribution in [0.2, 0.25) is 0 Å². The van der Waals surface area contributed by atoms with Crippen LogP contribution in [0.5, 0.6) is 0 Å². The average molecular weight is 708 g/mol. The van der Waals surface area contributed by atoms with Crippen LogP contribution in [0, 0.1) is 0 Å². The fourth-order valence-corrected chi connectivity index (χ4v) is 4.87. The lowest BCUT2D eigenvalue weighted by Gasteiger charge is -2.25. The molecule has 4 atom stereocenters. The van der Waals surface area contributed by atoms with E-state index in [2.05, 4.69) is 31.2 Å². The molecule has 0 aliphatic heterocycles. The maximum atomic E-state index is 13.4. The molecule has 0 saturated heterocycles. The molecule has 0 aliphatic carbocycles. The lowest BCUT2D eigenvalue weighted by atomic mass is 10.0. The normalized spacial score (nSPS) is 13.3. The second-order valence-electron chi connectivity index (χ2n) is 11.9. The van der Waals surface area contributed by atoms with E-state index >= 15 is 0 Å². The molecule has 1 heterocycles. The maximum absolute atomic E-state index is 13.4. The van der Waals surface area contributed by atoms with Gasteiger partial charge in [-0.25, -0.2) is 0 Å². The largest absolute Gasteiger partial charge is 0.370 e. The molecule has 0 bridgehead atoms. The van der Waals surface area contributed by atoms with Crippen molar-refractivity contribution >= 4 is 41.4 Å². The van der Waals surface area contributed by atoms with Crippen molar-refractivity contribution in [1.82, 2.24) is 26.3 Å². The van der Waals surface area contributed by atoms with Crippen LogP contribution in [0.3, 0.4) is 0 Å². The molecular weight excluding hydrogens is 650 g/mol. The minimum absolute atomic E-state index is 0.0335. The number of carbonyl (C=O) groups is 6. The van der Waals surface area contributed by atoms with Gasteiger partial charge in [-0.15, -0.1) is 0 Å². The average Bonchev–Trinajstić information content (AvgIpc) is 3.57. The van der Waals surface area contributed by atoms with Crippen molar-refractivity contribution in [2.24, 2.45) is 45.1 Å². The summed E-state index contributed by atoms with van der Waals surface area (Å²) in [6.07, 6.45) is 5.57. The first-order chi connectivity index (χ1) is 23.8. The van der Waals surface area contributed by atoms with Crippen molar-refractivity contribution in [3.63, 3.8) is 0 Å². The number of rotatable bonds is 26. The highest BCUT2D eigenvalue weighted by atomic mass is 16.2. The van der Waals surface area contributed by atoms with Crippen LogP contribution in [0.4, 0.5) is 0 Å². The van der Waals surface area contributed by atoms with Crippen molar-refractivity contribution in [3.8, 4) is 0 Å². The molecule has 19 heteroatoms. The smallest absolute Gasteiger partial charge is 0.296 e. The zero-order chi connectivity index (χ0) is 37.5. The minimum atomic E-state index is -1.05. The highest BCUT2D eigenvalue weighted by Gasteiger charge is 2.29. The van der Waals surface area contributed by atoms with E-state index in [4.69, 9.17) is 40.1 Å². The summed E-state index contributed by atoms with van der Waals surface area (Å²) >= 11 is 0. The number of primary amides is 1. The van der Waals surface area contributed by atoms with Gasteiger partial charge in [0.2, 0.25) is 23.6 Å². The Balaban J connectivity index is 2.82. The number of hydrogen-bond donors (Lipinski definition) is 12. The zero-order valence-corrected chi connectivity index (χ0v) is 28.7. The van der Waals surface area contributed by atoms with Crippen LogP contribution < -0.4 is 61.4 Å². The molecule has 0 spiro atoms. The van der Waals surface area contributed by atoms with Crippen molar-refractivity contribution in [1.29, 1.82) is 0 Å². The van der Waals surface area contributed by atoms with Gasteiger partial charge in [0, 0.05) is 6.54 Å². The Morgan fingerprint density at radius 2 is 1.08 bits per heavy atom. The molecular formula is C31H57N13O6. The summed E-state index contributed by atoms with van der Waals surface area (Å²) in [6.45, 7) is 1.48. The fraction of sp³-hybridized carbons (Fsp3) is 0.645. The monoisotopic (exact) mass is 707 g/mol. The number of H-pyrrole nitrogens is 1. The number of nitrogens with zero attached hydrogens (tertiary/aromatic N) is 1. The topological polar surface area (TPSA) is 361 Å². The van der Waals surface area contributed by atoms with E-state index < -0.39 is 65.6 Å². The Labute approximate surface area is 292 Å². The molecule has 1 rings (SSSR count). The molecule has 0 radical (unpaired) electrons. The van der Waals surface area contributed by atoms with Gasteiger partial charge in [-0.05, 0) is 102 Å². The molecule has 19 nitrogen and oxygen atoms in total. The van der Waals surface area contributed by atoms with Gasteiger partial charge < -0.3 is 66.4 Å². The number of aromatic amines is 1. The van der Waals surface area contributed by atoms with Gasteiger partial charge in [0.05, 0.1) is 6.04 Å². The Kier molecular flexibility index (Phi) is 21.3. The highest BCUT2D eigenvalue weighted by Crippen LogP contribution is 2.09. The van der Waals surface area contributed by atoms with Crippen LogP contribution in [0.25, 0.3) is 0 Å². The summed E-state index contributed by atoms with van der Waals surface area (Å²) in [5.41, 5.74) is 39.0. The van der Waals surface area contributed by atoms with Crippen molar-refractivity contribution in [3.05, 3.63) is 23.5 Å². The molecule has 0 unspecified atom stereocenters. The third kappa shape index (κ3) is 17.2. The molecule has 1 aromatic rings. The second-order valence-corrected chi connectivity index (χ2v) is 11.9. The molecule has 1 aromatic heterocycles. The van der Waals surface area contributed by atoms with Gasteiger partial charge in [0.15, 0.2) is 5.96 Å². The van der Waals surface area contributed by atoms with E-state index in [1.807, 2.05) is 0 Å². The predicted molar refractivity (Wildman–Crippen MR) is 189 cm³/mol. The molecule has 19 N–H and O–H groups in total. The summed E-state index contributed by atoms with van der Waals surface area (Å²) in [4.78, 5) is 82.2. The number of aliphatic imine (C=N–C) groups is 1. The number of guanidine groups is 1. The molecule has 0 fully saturated rings. The molecule has 0 aliphatic rings. The molecule has 6 amide bonds. The van der Waals surface area contributed by atoms with Crippen LogP contribution in [-0.4, -0.2) is 96.7 Å². The fourth-order valence-electron chi connectivity index (χ4n) is 4.87. The Bertz CT molecular complexity index is 1270. The third-order valence-electron chi connectivity index (χ3n) is 7.72. The van der Waals surface area contributed by atoms with Gasteiger partial charge in [-0.1, -0.05) is 6.42 Å². The zero-order valence-electron chi connectivity index (χ0n) is 28.7. The summed E-state index contributed by atoms with van der Waals surface area (Å²) in [5.74, 6) is -4.06. The lowest BCUT2D eigenvalue weighted by molar-refractivity contribution is -0.133. The quantitative estimate of drug-likeness (QED) is 0.0260. The number of unbranched alkanes of at least 4 members (excludes halogenated alkanes) is 4. The number of nitrogens with two attached hydrogens (primary N) is 7. The number of hydrogen-bond acceptors (Lipinski definition) is 10. The molecule has 0 aromatic carbocycles. The van der Waals surface area contributed by atoms with E-state index in [1.54, 1.807) is 0 Å². The maximum Gasteiger partial charge on any atom is 0.296 e. The molecule has 282 valence electrons. The number of nitrogens with one attached hydrogen (secondary N) is 5. The lowest BCUT2D eigenvalue weighted by Crippen LogP contribution is -2.57. The van der Waals surface area contributed by atoms with Crippen LogP contribution in [0.15, 0.2) is 17.1 Å². The van der Waals surface area contributed by atoms with E-state index in [1.165, 1.54) is 12.1 Å². The summed E-state index contributed by atoms with van der Waals surface area (Å²) in [5, 5.41) is 10.8. The Hall–Kier alpha value is -4.59.